The highest BCUT2D eigenvalue weighted by atomic mass is 16.9. The van der Waals surface area contributed by atoms with E-state index in [9.17, 15) is 0 Å². The third kappa shape index (κ3) is 13.1. The van der Waals surface area contributed by atoms with Crippen LogP contribution in [-0.4, -0.2) is 39.0 Å². The third-order valence-corrected chi connectivity index (χ3v) is 5.24. The van der Waals surface area contributed by atoms with Gasteiger partial charge in [0.2, 0.25) is 0 Å². The van der Waals surface area contributed by atoms with Crippen molar-refractivity contribution in [3.8, 4) is 0 Å². The monoisotopic (exact) mass is 402 g/mol. The summed E-state index contributed by atoms with van der Waals surface area (Å²) in [6.07, 6.45) is 14.9. The summed E-state index contributed by atoms with van der Waals surface area (Å²) < 4.78 is 23.8. The Kier molecular flexibility index (Phi) is 20.0. The van der Waals surface area contributed by atoms with Gasteiger partial charge < -0.3 is 18.9 Å². The van der Waals surface area contributed by atoms with Crippen LogP contribution in [0.1, 0.15) is 112 Å². The van der Waals surface area contributed by atoms with Crippen LogP contribution >= 0.6 is 0 Å². The molecule has 0 rings (SSSR count). The van der Waals surface area contributed by atoms with Gasteiger partial charge in [0.1, 0.15) is 0 Å². The fourth-order valence-electron chi connectivity index (χ4n) is 3.84. The van der Waals surface area contributed by atoms with E-state index in [0.29, 0.717) is 25.7 Å². The van der Waals surface area contributed by atoms with Crippen molar-refractivity contribution in [2.75, 3.05) is 33.0 Å². The maximum atomic E-state index is 6.11. The van der Waals surface area contributed by atoms with E-state index >= 15 is 0 Å². The van der Waals surface area contributed by atoms with E-state index in [-0.39, 0.29) is 0 Å². The molecule has 1 atom stereocenters. The molecule has 0 aliphatic heterocycles. The largest absolute Gasteiger partial charge is 0.382 e. The molecule has 0 aromatic heterocycles. The molecular formula is C24H50O4. The Labute approximate surface area is 176 Å². The molecule has 4 heteroatoms. The summed E-state index contributed by atoms with van der Waals surface area (Å²) >= 11 is 0. The Hall–Kier alpha value is -0.160. The van der Waals surface area contributed by atoms with Crippen LogP contribution < -0.4 is 0 Å². The van der Waals surface area contributed by atoms with Crippen molar-refractivity contribution in [2.24, 2.45) is 5.92 Å². The third-order valence-electron chi connectivity index (χ3n) is 5.24. The maximum absolute atomic E-state index is 6.11. The molecule has 0 bridgehead atoms. The quantitative estimate of drug-likeness (QED) is 0.143. The topological polar surface area (TPSA) is 36.9 Å². The van der Waals surface area contributed by atoms with Crippen LogP contribution in [0, 0.1) is 5.92 Å². The normalized spacial score (nSPS) is 13.2. The van der Waals surface area contributed by atoms with Crippen molar-refractivity contribution in [1.29, 1.82) is 0 Å². The second-order valence-electron chi connectivity index (χ2n) is 7.56. The van der Waals surface area contributed by atoms with Crippen LogP contribution in [-0.2, 0) is 18.9 Å². The van der Waals surface area contributed by atoms with Gasteiger partial charge in [0.25, 0.3) is 5.97 Å². The molecule has 0 saturated carbocycles. The first kappa shape index (κ1) is 27.8. The fraction of sp³-hybridized carbons (Fsp3) is 1.00. The fourth-order valence-corrected chi connectivity index (χ4v) is 3.84. The van der Waals surface area contributed by atoms with Crippen molar-refractivity contribution < 1.29 is 18.9 Å². The first-order valence-electron chi connectivity index (χ1n) is 12.2. The summed E-state index contributed by atoms with van der Waals surface area (Å²) in [5.74, 6) is -0.571. The van der Waals surface area contributed by atoms with E-state index in [1.807, 2.05) is 20.8 Å². The molecule has 0 aliphatic carbocycles. The summed E-state index contributed by atoms with van der Waals surface area (Å²) in [6.45, 7) is 14.0. The molecule has 0 heterocycles. The van der Waals surface area contributed by atoms with E-state index in [2.05, 4.69) is 13.8 Å². The predicted octanol–water partition coefficient (Wildman–Crippen LogP) is 7.10. The molecule has 0 aliphatic rings. The standard InChI is InChI=1S/C24H50O4/c1-6-11-12-13-14-17-20-23(21-18-15-16-19-22-25-7-2)24(26-8-3,27-9-4)28-10-5/h23H,6-22H2,1-5H3. The van der Waals surface area contributed by atoms with E-state index in [4.69, 9.17) is 18.9 Å². The summed E-state index contributed by atoms with van der Waals surface area (Å²) in [5.41, 5.74) is 0. The van der Waals surface area contributed by atoms with Gasteiger partial charge in [0, 0.05) is 39.0 Å². The number of hydrogen-bond donors (Lipinski definition) is 0. The molecule has 4 nitrogen and oxygen atoms in total. The molecule has 0 aromatic rings. The van der Waals surface area contributed by atoms with Crippen molar-refractivity contribution in [1.82, 2.24) is 0 Å². The van der Waals surface area contributed by atoms with Crippen molar-refractivity contribution in [3.05, 3.63) is 0 Å². The van der Waals surface area contributed by atoms with Gasteiger partial charge in [-0.05, 0) is 47.0 Å². The maximum Gasteiger partial charge on any atom is 0.285 e. The molecule has 170 valence electrons. The molecule has 0 fully saturated rings. The van der Waals surface area contributed by atoms with Crippen LogP contribution in [0.3, 0.4) is 0 Å². The van der Waals surface area contributed by atoms with Crippen molar-refractivity contribution >= 4 is 0 Å². The molecule has 0 amide bonds. The lowest BCUT2D eigenvalue weighted by molar-refractivity contribution is -0.403. The zero-order chi connectivity index (χ0) is 20.9. The molecule has 1 unspecified atom stereocenters. The van der Waals surface area contributed by atoms with Gasteiger partial charge in [-0.15, -0.1) is 0 Å². The molecule has 0 N–H and O–H groups in total. The molecular weight excluding hydrogens is 352 g/mol. The van der Waals surface area contributed by atoms with Crippen LogP contribution in [0.5, 0.6) is 0 Å². The van der Waals surface area contributed by atoms with Crippen LogP contribution in [0.2, 0.25) is 0 Å². The smallest absolute Gasteiger partial charge is 0.285 e. The van der Waals surface area contributed by atoms with Crippen molar-refractivity contribution in [3.63, 3.8) is 0 Å². The van der Waals surface area contributed by atoms with E-state index in [1.54, 1.807) is 0 Å². The van der Waals surface area contributed by atoms with E-state index in [1.165, 1.54) is 57.8 Å². The number of hydrogen-bond acceptors (Lipinski definition) is 4. The van der Waals surface area contributed by atoms with Gasteiger partial charge in [0.15, 0.2) is 0 Å². The van der Waals surface area contributed by atoms with Gasteiger partial charge in [-0.1, -0.05) is 64.7 Å². The van der Waals surface area contributed by atoms with Crippen LogP contribution in [0.4, 0.5) is 0 Å². The van der Waals surface area contributed by atoms with Crippen LogP contribution in [0.15, 0.2) is 0 Å². The minimum Gasteiger partial charge on any atom is -0.382 e. The first-order valence-corrected chi connectivity index (χ1v) is 12.2. The van der Waals surface area contributed by atoms with E-state index in [0.717, 1.165) is 32.5 Å². The number of unbranched alkanes of at least 4 members (excludes halogenated alkanes) is 8. The Morgan fingerprint density at radius 1 is 0.536 bits per heavy atom. The minimum atomic E-state index is -0.868. The summed E-state index contributed by atoms with van der Waals surface area (Å²) in [7, 11) is 0. The molecule has 0 spiro atoms. The van der Waals surface area contributed by atoms with Gasteiger partial charge in [-0.2, -0.15) is 0 Å². The summed E-state index contributed by atoms with van der Waals surface area (Å²) in [6, 6.07) is 0. The van der Waals surface area contributed by atoms with Gasteiger partial charge >= 0.3 is 0 Å². The second-order valence-corrected chi connectivity index (χ2v) is 7.56. The Morgan fingerprint density at radius 2 is 1.00 bits per heavy atom. The predicted molar refractivity (Wildman–Crippen MR) is 119 cm³/mol. The van der Waals surface area contributed by atoms with Crippen molar-refractivity contribution in [2.45, 2.75) is 118 Å². The van der Waals surface area contributed by atoms with Gasteiger partial charge in [0.05, 0.1) is 0 Å². The number of rotatable bonds is 22. The summed E-state index contributed by atoms with van der Waals surface area (Å²) in [5, 5.41) is 0. The Balaban J connectivity index is 4.67. The summed E-state index contributed by atoms with van der Waals surface area (Å²) in [4.78, 5) is 0. The first-order chi connectivity index (χ1) is 13.7. The highest BCUT2D eigenvalue weighted by molar-refractivity contribution is 4.73. The van der Waals surface area contributed by atoms with Crippen LogP contribution in [0.25, 0.3) is 0 Å². The molecule has 0 radical (unpaired) electrons. The minimum absolute atomic E-state index is 0.297. The van der Waals surface area contributed by atoms with Gasteiger partial charge in [-0.25, -0.2) is 0 Å². The molecule has 0 saturated heterocycles. The Morgan fingerprint density at radius 3 is 1.46 bits per heavy atom. The SMILES string of the molecule is CCCCCCCCC(CCCCCCOCC)C(OCC)(OCC)OCC. The van der Waals surface area contributed by atoms with Gasteiger partial charge in [-0.3, -0.25) is 0 Å². The zero-order valence-electron chi connectivity index (χ0n) is 19.7. The zero-order valence-corrected chi connectivity index (χ0v) is 19.7. The average Bonchev–Trinajstić information content (AvgIpc) is 2.68. The lowest BCUT2D eigenvalue weighted by Gasteiger charge is -2.39. The Bertz CT molecular complexity index is 292. The average molecular weight is 403 g/mol. The lowest BCUT2D eigenvalue weighted by atomic mass is 9.91. The highest BCUT2D eigenvalue weighted by Crippen LogP contribution is 2.34. The second kappa shape index (κ2) is 20.1. The molecule has 0 aromatic carbocycles. The van der Waals surface area contributed by atoms with E-state index < -0.39 is 5.97 Å². The molecule has 28 heavy (non-hydrogen) atoms. The number of ether oxygens (including phenoxy) is 4. The lowest BCUT2D eigenvalue weighted by Crippen LogP contribution is -2.46. The highest BCUT2D eigenvalue weighted by Gasteiger charge is 2.41.